The van der Waals surface area contributed by atoms with Crippen molar-refractivity contribution in [3.63, 3.8) is 0 Å². The van der Waals surface area contributed by atoms with Crippen LogP contribution in [0.1, 0.15) is 84.5 Å². The van der Waals surface area contributed by atoms with Gasteiger partial charge < -0.3 is 5.11 Å². The molecule has 2 nitrogen and oxygen atoms in total. The molecule has 0 aliphatic carbocycles. The molecule has 18 heavy (non-hydrogen) atoms. The van der Waals surface area contributed by atoms with Gasteiger partial charge in [0.15, 0.2) is 0 Å². The van der Waals surface area contributed by atoms with Gasteiger partial charge in [0.2, 0.25) is 0 Å². The number of hydrogen-bond acceptors (Lipinski definition) is 1. The third kappa shape index (κ3) is 14.6. The Bertz CT molecular complexity index is 183. The number of unbranched alkanes of at least 4 members (excludes halogenated alkanes) is 9. The van der Waals surface area contributed by atoms with Crippen LogP contribution in [0.4, 0.5) is 0 Å². The first-order chi connectivity index (χ1) is 8.18. The minimum atomic E-state index is -0.652. The molecule has 3 heteroatoms. The molecule has 1 atom stereocenters. The van der Waals surface area contributed by atoms with Crippen molar-refractivity contribution in [3.8, 4) is 0 Å². The molecule has 1 radical (unpaired) electrons. The van der Waals surface area contributed by atoms with Gasteiger partial charge in [-0.05, 0) is 6.42 Å². The predicted octanol–water partition coefficient (Wildman–Crippen LogP) is 5.02. The summed E-state index contributed by atoms with van der Waals surface area (Å²) in [6.07, 6.45) is 13.9. The van der Waals surface area contributed by atoms with Crippen LogP contribution in [0.2, 0.25) is 0 Å². The summed E-state index contributed by atoms with van der Waals surface area (Å²) in [6, 6.07) is 0. The van der Waals surface area contributed by atoms with Gasteiger partial charge in [-0.15, -0.1) is 0 Å². The molecule has 0 aliphatic heterocycles. The zero-order valence-electron chi connectivity index (χ0n) is 12.3. The monoisotopic (exact) mass is 331 g/mol. The van der Waals surface area contributed by atoms with Crippen molar-refractivity contribution in [1.29, 1.82) is 0 Å². The first-order valence-corrected chi connectivity index (χ1v) is 7.41. The van der Waals surface area contributed by atoms with Crippen LogP contribution in [0.5, 0.6) is 0 Å². The first-order valence-electron chi connectivity index (χ1n) is 7.41. The van der Waals surface area contributed by atoms with Gasteiger partial charge in [0.1, 0.15) is 0 Å². The maximum Gasteiger partial charge on any atom is 0.306 e. The normalized spacial score (nSPS) is 11.9. The maximum absolute atomic E-state index is 10.6. The molecule has 0 amide bonds. The molecule has 1 N–H and O–H groups in total. The van der Waals surface area contributed by atoms with Crippen LogP contribution in [0.3, 0.4) is 0 Å². The molecule has 0 heterocycles. The molecular weight excluding hydrogens is 301 g/mol. The summed E-state index contributed by atoms with van der Waals surface area (Å²) < 4.78 is 0. The summed E-state index contributed by atoms with van der Waals surface area (Å²) in [5.41, 5.74) is 0. The maximum atomic E-state index is 10.6. The van der Waals surface area contributed by atoms with Crippen molar-refractivity contribution in [2.24, 2.45) is 5.92 Å². The van der Waals surface area contributed by atoms with Crippen LogP contribution in [0.25, 0.3) is 0 Å². The minimum absolute atomic E-state index is 0. The Morgan fingerprint density at radius 1 is 0.889 bits per heavy atom. The molecule has 0 bridgehead atoms. The van der Waals surface area contributed by atoms with Crippen LogP contribution in [-0.2, 0) is 37.5 Å². The Hall–Kier alpha value is 0.574. The largest absolute Gasteiger partial charge is 0.481 e. The molecule has 0 aliphatic rings. The van der Waals surface area contributed by atoms with E-state index in [9.17, 15) is 4.79 Å². The van der Waals surface area contributed by atoms with Crippen molar-refractivity contribution in [2.75, 3.05) is 0 Å². The molecule has 0 aromatic heterocycles. The van der Waals surface area contributed by atoms with E-state index < -0.39 is 5.97 Å². The van der Waals surface area contributed by atoms with E-state index >= 15 is 0 Å². The van der Waals surface area contributed by atoms with E-state index in [1.807, 2.05) is 0 Å². The summed E-state index contributed by atoms with van der Waals surface area (Å²) in [6.45, 7) is 4.05. The number of hydrogen-bond donors (Lipinski definition) is 1. The second-order valence-electron chi connectivity index (χ2n) is 5.21. The Morgan fingerprint density at radius 2 is 1.28 bits per heavy atom. The van der Waals surface area contributed by atoms with E-state index in [1.165, 1.54) is 57.8 Å². The zero-order chi connectivity index (χ0) is 12.9. The second-order valence-corrected chi connectivity index (χ2v) is 5.21. The fourth-order valence-corrected chi connectivity index (χ4v) is 2.06. The van der Waals surface area contributed by atoms with Gasteiger partial charge in [-0.3, -0.25) is 4.79 Å². The van der Waals surface area contributed by atoms with Gasteiger partial charge in [0, 0.05) is 32.7 Å². The fourth-order valence-electron chi connectivity index (χ4n) is 2.06. The molecule has 0 rings (SSSR count). The third-order valence-electron chi connectivity index (χ3n) is 3.41. The third-order valence-corrected chi connectivity index (χ3v) is 3.41. The molecule has 0 spiro atoms. The van der Waals surface area contributed by atoms with Crippen molar-refractivity contribution >= 4 is 5.97 Å². The summed E-state index contributed by atoms with van der Waals surface area (Å²) in [5.74, 6) is -0.815. The molecule has 0 aromatic rings. The van der Waals surface area contributed by atoms with Crippen molar-refractivity contribution in [3.05, 3.63) is 0 Å². The molecule has 0 saturated heterocycles. The van der Waals surface area contributed by atoms with E-state index in [-0.39, 0.29) is 38.6 Å². The summed E-state index contributed by atoms with van der Waals surface area (Å²) in [4.78, 5) is 10.6. The van der Waals surface area contributed by atoms with Gasteiger partial charge in [-0.2, -0.15) is 0 Å². The van der Waals surface area contributed by atoms with Crippen LogP contribution in [0, 0.1) is 5.92 Å². The molecule has 0 saturated carbocycles. The smallest absolute Gasteiger partial charge is 0.306 e. The zero-order valence-corrected chi connectivity index (χ0v) is 15.1. The number of carboxylic acid groups (broad SMARTS) is 1. The average Bonchev–Trinajstić information content (AvgIpc) is 2.31. The Morgan fingerprint density at radius 3 is 1.67 bits per heavy atom. The molecule has 1 unspecified atom stereocenters. The van der Waals surface area contributed by atoms with E-state index in [0.717, 1.165) is 12.8 Å². The SMILES string of the molecule is CCCCCCCCCCCCC(C)C(=O)O.[Y]. The minimum Gasteiger partial charge on any atom is -0.481 e. The van der Waals surface area contributed by atoms with Gasteiger partial charge in [-0.1, -0.05) is 78.1 Å². The topological polar surface area (TPSA) is 37.3 Å². The molecular formula is C15H30O2Y. The standard InChI is InChI=1S/C15H30O2.Y/c1-3-4-5-6-7-8-9-10-11-12-13-14(2)15(16)17;/h14H,3-13H2,1-2H3,(H,16,17);. The molecule has 105 valence electrons. The van der Waals surface area contributed by atoms with Gasteiger partial charge in [0.05, 0.1) is 5.92 Å². The Labute approximate surface area is 138 Å². The van der Waals surface area contributed by atoms with Gasteiger partial charge in [0.25, 0.3) is 0 Å². The van der Waals surface area contributed by atoms with E-state index in [2.05, 4.69) is 6.92 Å². The van der Waals surface area contributed by atoms with Crippen molar-refractivity contribution in [1.82, 2.24) is 0 Å². The summed E-state index contributed by atoms with van der Waals surface area (Å²) >= 11 is 0. The fraction of sp³-hybridized carbons (Fsp3) is 0.933. The quantitative estimate of drug-likeness (QED) is 0.510. The van der Waals surface area contributed by atoms with E-state index in [4.69, 9.17) is 5.11 Å². The van der Waals surface area contributed by atoms with Crippen LogP contribution >= 0.6 is 0 Å². The van der Waals surface area contributed by atoms with E-state index in [1.54, 1.807) is 6.92 Å². The Balaban J connectivity index is 0. The number of rotatable bonds is 12. The van der Waals surface area contributed by atoms with Crippen LogP contribution in [0.15, 0.2) is 0 Å². The summed E-state index contributed by atoms with van der Waals surface area (Å²) in [5, 5.41) is 8.73. The second kappa shape index (κ2) is 15.6. The molecule has 0 aromatic carbocycles. The Kier molecular flexibility index (Phi) is 18.1. The predicted molar refractivity (Wildman–Crippen MR) is 73.3 cm³/mol. The van der Waals surface area contributed by atoms with E-state index in [0.29, 0.717) is 0 Å². The molecule has 0 fully saturated rings. The van der Waals surface area contributed by atoms with Gasteiger partial charge in [-0.25, -0.2) is 0 Å². The van der Waals surface area contributed by atoms with Crippen molar-refractivity contribution in [2.45, 2.75) is 84.5 Å². The van der Waals surface area contributed by atoms with Crippen LogP contribution in [-0.4, -0.2) is 11.1 Å². The first kappa shape index (κ1) is 20.9. The number of aliphatic carboxylic acids is 1. The number of carbonyl (C=O) groups is 1. The van der Waals surface area contributed by atoms with Gasteiger partial charge >= 0.3 is 5.97 Å². The van der Waals surface area contributed by atoms with Crippen LogP contribution < -0.4 is 0 Å². The number of carboxylic acids is 1. The average molecular weight is 331 g/mol. The summed E-state index contributed by atoms with van der Waals surface area (Å²) in [7, 11) is 0. The van der Waals surface area contributed by atoms with Crippen molar-refractivity contribution < 1.29 is 42.6 Å².